The molecule has 2 amide bonds. The van der Waals surface area contributed by atoms with Crippen LogP contribution < -0.4 is 11.5 Å². The Bertz CT molecular complexity index is 1540. The van der Waals surface area contributed by atoms with Crippen molar-refractivity contribution in [1.82, 2.24) is 24.5 Å². The van der Waals surface area contributed by atoms with Crippen LogP contribution in [0.15, 0.2) is 24.3 Å². The third-order valence-corrected chi connectivity index (χ3v) is 8.17. The molecule has 2 aliphatic rings. The van der Waals surface area contributed by atoms with E-state index in [2.05, 4.69) is 5.10 Å². The van der Waals surface area contributed by atoms with Crippen LogP contribution in [0.3, 0.4) is 0 Å². The van der Waals surface area contributed by atoms with Gasteiger partial charge in [0.25, 0.3) is 5.91 Å². The summed E-state index contributed by atoms with van der Waals surface area (Å²) >= 11 is 0. The molecule has 4 N–H and O–H groups in total. The highest BCUT2D eigenvalue weighted by atomic mass is 19.4. The molecule has 5 rings (SSSR count). The average Bonchev–Trinajstić information content (AvgIpc) is 3.51. The Labute approximate surface area is 241 Å². The molecule has 1 aliphatic carbocycles. The van der Waals surface area contributed by atoms with Crippen LogP contribution in [0.2, 0.25) is 0 Å². The number of halogens is 3. The van der Waals surface area contributed by atoms with Gasteiger partial charge in [-0.3, -0.25) is 9.48 Å². The summed E-state index contributed by atoms with van der Waals surface area (Å²) in [5.41, 5.74) is 13.4. The van der Waals surface area contributed by atoms with E-state index >= 15 is 0 Å². The normalized spacial score (nSPS) is 20.7. The Hall–Kier alpha value is -4.03. The molecule has 1 aromatic carbocycles. The number of carbonyl (C=O) groups excluding carboxylic acids is 2. The number of nitrogens with zero attached hydrogens (tertiary/aromatic N) is 5. The number of likely N-dealkylation sites (tertiary alicyclic amines) is 1. The first-order valence-corrected chi connectivity index (χ1v) is 13.8. The number of carbonyl (C=O) groups is 2. The fourth-order valence-electron chi connectivity index (χ4n) is 6.22. The Morgan fingerprint density at radius 3 is 2.45 bits per heavy atom. The van der Waals surface area contributed by atoms with E-state index in [1.807, 2.05) is 20.8 Å². The molecular weight excluding hydrogens is 551 g/mol. The first-order valence-electron chi connectivity index (χ1n) is 13.8. The van der Waals surface area contributed by atoms with Crippen LogP contribution in [-0.2, 0) is 17.5 Å². The summed E-state index contributed by atoms with van der Waals surface area (Å²) < 4.78 is 48.5. The number of aryl methyl sites for hydroxylation is 1. The molecule has 0 atom stereocenters. The second-order valence-corrected chi connectivity index (χ2v) is 12.5. The summed E-state index contributed by atoms with van der Waals surface area (Å²) in [7, 11) is 0. The summed E-state index contributed by atoms with van der Waals surface area (Å²) in [5, 5.41) is 9.30. The monoisotopic (exact) mass is 587 g/mol. The number of aromatic nitrogens is 4. The number of anilines is 1. The number of amides is 2. The minimum Gasteiger partial charge on any atom is -0.444 e. The van der Waals surface area contributed by atoms with Gasteiger partial charge in [0, 0.05) is 24.3 Å². The quantitative estimate of drug-likeness (QED) is 0.428. The van der Waals surface area contributed by atoms with Gasteiger partial charge in [-0.1, -0.05) is 12.1 Å². The maximum atomic E-state index is 13.2. The second kappa shape index (κ2) is 10.1. The van der Waals surface area contributed by atoms with Gasteiger partial charge in [-0.15, -0.1) is 0 Å². The minimum atomic E-state index is -4.45. The Morgan fingerprint density at radius 2 is 1.83 bits per heavy atom. The average molecular weight is 588 g/mol. The van der Waals surface area contributed by atoms with Gasteiger partial charge in [0.1, 0.15) is 22.7 Å². The van der Waals surface area contributed by atoms with Crippen LogP contribution in [-0.4, -0.2) is 55.2 Å². The summed E-state index contributed by atoms with van der Waals surface area (Å²) in [5.74, 6) is -0.576. The van der Waals surface area contributed by atoms with Crippen LogP contribution in [0.1, 0.15) is 78.9 Å². The molecule has 3 heterocycles. The van der Waals surface area contributed by atoms with Crippen LogP contribution in [0.25, 0.3) is 11.3 Å². The van der Waals surface area contributed by atoms with Gasteiger partial charge in [-0.05, 0) is 77.0 Å². The van der Waals surface area contributed by atoms with Crippen molar-refractivity contribution in [2.75, 3.05) is 18.8 Å². The van der Waals surface area contributed by atoms with E-state index in [1.165, 1.54) is 6.07 Å². The molecule has 1 saturated heterocycles. The lowest BCUT2D eigenvalue weighted by Gasteiger charge is -2.45. The van der Waals surface area contributed by atoms with Gasteiger partial charge in [-0.25, -0.2) is 9.48 Å². The molecule has 2 fully saturated rings. The maximum absolute atomic E-state index is 13.2. The Balaban J connectivity index is 1.39. The van der Waals surface area contributed by atoms with Crippen molar-refractivity contribution in [3.05, 3.63) is 52.3 Å². The van der Waals surface area contributed by atoms with Gasteiger partial charge in [0.05, 0.1) is 23.8 Å². The molecule has 42 heavy (non-hydrogen) atoms. The summed E-state index contributed by atoms with van der Waals surface area (Å²) in [6, 6.07) is 5.00. The molecular formula is C29H36F3N7O3. The minimum absolute atomic E-state index is 0.0747. The van der Waals surface area contributed by atoms with Crippen molar-refractivity contribution >= 4 is 17.8 Å². The van der Waals surface area contributed by atoms with Crippen molar-refractivity contribution in [3.63, 3.8) is 0 Å². The lowest BCUT2D eigenvalue weighted by atomic mass is 9.65. The number of hydrogen-bond acceptors (Lipinski definition) is 6. The number of nitrogen functional groups attached to an aromatic ring is 1. The van der Waals surface area contributed by atoms with Gasteiger partial charge >= 0.3 is 12.3 Å². The van der Waals surface area contributed by atoms with Gasteiger partial charge in [-0.2, -0.15) is 23.4 Å². The third kappa shape index (κ3) is 5.43. The largest absolute Gasteiger partial charge is 0.444 e. The number of hydrogen-bond donors (Lipinski definition) is 2. The van der Waals surface area contributed by atoms with Gasteiger partial charge in [0.15, 0.2) is 0 Å². The van der Waals surface area contributed by atoms with Crippen molar-refractivity contribution in [2.24, 2.45) is 11.1 Å². The highest BCUT2D eigenvalue weighted by Gasteiger charge is 2.51. The first kappa shape index (κ1) is 29.5. The number of primary amides is 1. The number of ether oxygens (including phenoxy) is 1. The van der Waals surface area contributed by atoms with E-state index in [0.29, 0.717) is 41.3 Å². The summed E-state index contributed by atoms with van der Waals surface area (Å²) in [6.07, 6.45) is -2.50. The highest BCUT2D eigenvalue weighted by Crippen LogP contribution is 2.55. The number of alkyl halides is 3. The molecule has 10 nitrogen and oxygen atoms in total. The molecule has 3 aromatic rings. The van der Waals surface area contributed by atoms with Gasteiger partial charge in [0.2, 0.25) is 0 Å². The molecule has 0 unspecified atom stereocenters. The third-order valence-electron chi connectivity index (χ3n) is 8.17. The molecule has 13 heteroatoms. The first-order chi connectivity index (χ1) is 19.5. The van der Waals surface area contributed by atoms with Crippen molar-refractivity contribution in [1.29, 1.82) is 0 Å². The van der Waals surface area contributed by atoms with Crippen molar-refractivity contribution in [2.45, 2.75) is 78.2 Å². The molecule has 2 aromatic heterocycles. The number of nitrogens with two attached hydrogens (primary N) is 2. The lowest BCUT2D eigenvalue weighted by molar-refractivity contribution is -0.137. The van der Waals surface area contributed by atoms with E-state index in [4.69, 9.17) is 21.3 Å². The van der Waals surface area contributed by atoms with E-state index in [1.54, 1.807) is 34.2 Å². The highest BCUT2D eigenvalue weighted by molar-refractivity contribution is 6.03. The molecule has 1 aliphatic heterocycles. The SMILES string of the molecule is Cc1nn(Cc2cccc(C(F)(F)F)c2)c(C)c1-c1nn([C@H]2C[C@@]3(CCN(C(=O)OC(C)(C)C)C3)C2)c(N)c1C(N)=O. The zero-order valence-corrected chi connectivity index (χ0v) is 24.4. The van der Waals surface area contributed by atoms with E-state index < -0.39 is 23.2 Å². The van der Waals surface area contributed by atoms with Crippen LogP contribution in [0.4, 0.5) is 23.8 Å². The molecule has 1 spiro atoms. The van der Waals surface area contributed by atoms with E-state index in [-0.39, 0.29) is 35.5 Å². The molecule has 226 valence electrons. The number of rotatable bonds is 5. The Kier molecular flexibility index (Phi) is 7.05. The zero-order chi connectivity index (χ0) is 30.8. The van der Waals surface area contributed by atoms with Crippen LogP contribution in [0, 0.1) is 19.3 Å². The standard InChI is InChI=1S/C29H36F3N7O3/c1-16-21(17(2)38(35-16)14-18-7-6-8-19(11-18)29(30,31)32)23-22(25(34)40)24(33)39(36-23)20-12-28(13-20)9-10-37(15-28)26(41)42-27(3,4)5/h6-8,11,20H,9-10,12-15,33H2,1-5H3,(H2,34,40)/t20-,28-. The second-order valence-electron chi connectivity index (χ2n) is 12.5. The molecule has 0 radical (unpaired) electrons. The summed E-state index contributed by atoms with van der Waals surface area (Å²) in [4.78, 5) is 26.9. The lowest BCUT2D eigenvalue weighted by Crippen LogP contribution is -2.43. The van der Waals surface area contributed by atoms with Crippen LogP contribution in [0.5, 0.6) is 0 Å². The summed E-state index contributed by atoms with van der Waals surface area (Å²) in [6.45, 7) is 10.3. The van der Waals surface area contributed by atoms with Gasteiger partial charge < -0.3 is 21.1 Å². The van der Waals surface area contributed by atoms with Crippen molar-refractivity contribution in [3.8, 4) is 11.3 Å². The predicted molar refractivity (Wildman–Crippen MR) is 150 cm³/mol. The van der Waals surface area contributed by atoms with E-state index in [0.717, 1.165) is 31.4 Å². The zero-order valence-electron chi connectivity index (χ0n) is 24.4. The fraction of sp³-hybridized carbons (Fsp3) is 0.517. The molecule has 0 bridgehead atoms. The van der Waals surface area contributed by atoms with E-state index in [9.17, 15) is 22.8 Å². The smallest absolute Gasteiger partial charge is 0.416 e. The maximum Gasteiger partial charge on any atom is 0.416 e. The Morgan fingerprint density at radius 1 is 1.14 bits per heavy atom. The van der Waals surface area contributed by atoms with Crippen molar-refractivity contribution < 1.29 is 27.5 Å². The van der Waals surface area contributed by atoms with Crippen LogP contribution >= 0.6 is 0 Å². The fourth-order valence-corrected chi connectivity index (χ4v) is 6.22. The predicted octanol–water partition coefficient (Wildman–Crippen LogP) is 5.07. The number of benzene rings is 1. The molecule has 1 saturated carbocycles. The topological polar surface area (TPSA) is 134 Å².